The van der Waals surface area contributed by atoms with E-state index in [4.69, 9.17) is 0 Å². The Labute approximate surface area is 141 Å². The minimum Gasteiger partial charge on any atom is -0.396 e. The Balaban J connectivity index is 1.82. The highest BCUT2D eigenvalue weighted by molar-refractivity contribution is 7.90. The number of amides is 1. The fourth-order valence-electron chi connectivity index (χ4n) is 2.83. The van der Waals surface area contributed by atoms with Crippen molar-refractivity contribution in [1.82, 2.24) is 8.87 Å². The first-order valence-electron chi connectivity index (χ1n) is 7.82. The maximum Gasteiger partial charge on any atom is 0.267 e. The summed E-state index contributed by atoms with van der Waals surface area (Å²) in [5.41, 5.74) is 1.31. The van der Waals surface area contributed by atoms with Gasteiger partial charge in [0.15, 0.2) is 0 Å². The van der Waals surface area contributed by atoms with Crippen molar-refractivity contribution >= 4 is 15.9 Å². The van der Waals surface area contributed by atoms with E-state index in [9.17, 15) is 18.3 Å². The molecule has 0 bridgehead atoms. The summed E-state index contributed by atoms with van der Waals surface area (Å²) in [6.45, 7) is 3.04. The summed E-state index contributed by atoms with van der Waals surface area (Å²) in [5.74, 6) is -0.101. The number of aryl methyl sites for hydroxylation is 1. The molecule has 1 aliphatic heterocycles. The summed E-state index contributed by atoms with van der Waals surface area (Å²) < 4.78 is 26.3. The van der Waals surface area contributed by atoms with E-state index < -0.39 is 10.0 Å². The lowest BCUT2D eigenvalue weighted by Gasteiger charge is -2.15. The Morgan fingerprint density at radius 2 is 1.96 bits per heavy atom. The largest absolute Gasteiger partial charge is 0.396 e. The zero-order valence-electron chi connectivity index (χ0n) is 13.4. The van der Waals surface area contributed by atoms with Gasteiger partial charge in [-0.1, -0.05) is 17.7 Å². The first-order valence-corrected chi connectivity index (χ1v) is 9.26. The Hall–Kier alpha value is -2.12. The molecule has 2 heterocycles. The Bertz CT molecular complexity index is 840. The number of carbonyl (C=O) groups excluding carboxylic acids is 1. The van der Waals surface area contributed by atoms with Crippen LogP contribution in [-0.4, -0.2) is 48.0 Å². The van der Waals surface area contributed by atoms with Gasteiger partial charge in [-0.05, 0) is 31.5 Å². The van der Waals surface area contributed by atoms with E-state index in [-0.39, 0.29) is 23.3 Å². The SMILES string of the molecule is Cc1ccc(S(=O)(=O)n2ccc(C(=O)N3CCC(CO)C3)c2)cc1. The van der Waals surface area contributed by atoms with Crippen molar-refractivity contribution < 1.29 is 18.3 Å². The van der Waals surface area contributed by atoms with Crippen LogP contribution in [0.3, 0.4) is 0 Å². The highest BCUT2D eigenvalue weighted by atomic mass is 32.2. The van der Waals surface area contributed by atoms with E-state index in [0.717, 1.165) is 16.0 Å². The van der Waals surface area contributed by atoms with Gasteiger partial charge in [-0.15, -0.1) is 0 Å². The zero-order chi connectivity index (χ0) is 17.3. The first-order chi connectivity index (χ1) is 11.4. The van der Waals surface area contributed by atoms with E-state index in [1.807, 2.05) is 6.92 Å². The van der Waals surface area contributed by atoms with Crippen molar-refractivity contribution in [1.29, 1.82) is 0 Å². The van der Waals surface area contributed by atoms with Crippen molar-refractivity contribution in [2.45, 2.75) is 18.2 Å². The summed E-state index contributed by atoms with van der Waals surface area (Å²) in [4.78, 5) is 14.3. The molecule has 24 heavy (non-hydrogen) atoms. The van der Waals surface area contributed by atoms with E-state index >= 15 is 0 Å². The fraction of sp³-hybridized carbons (Fsp3) is 0.353. The molecule has 2 aromatic rings. The standard InChI is InChI=1S/C17H20N2O4S/c1-13-2-4-16(5-3-13)24(22,23)19-9-7-15(11-19)17(21)18-8-6-14(10-18)12-20/h2-5,7,9,11,14,20H,6,8,10,12H2,1H3. The molecule has 1 aliphatic rings. The molecule has 6 nitrogen and oxygen atoms in total. The third-order valence-electron chi connectivity index (χ3n) is 4.34. The average molecular weight is 348 g/mol. The molecule has 0 spiro atoms. The van der Waals surface area contributed by atoms with Crippen LogP contribution in [0.15, 0.2) is 47.6 Å². The smallest absolute Gasteiger partial charge is 0.267 e. The van der Waals surface area contributed by atoms with Gasteiger partial charge in [-0.3, -0.25) is 4.79 Å². The highest BCUT2D eigenvalue weighted by Gasteiger charge is 2.27. The van der Waals surface area contributed by atoms with Crippen LogP contribution in [0.5, 0.6) is 0 Å². The third-order valence-corrected chi connectivity index (χ3v) is 5.99. The van der Waals surface area contributed by atoms with Gasteiger partial charge in [-0.25, -0.2) is 12.4 Å². The van der Waals surface area contributed by atoms with Crippen molar-refractivity contribution in [3.05, 3.63) is 53.9 Å². The van der Waals surface area contributed by atoms with Crippen molar-refractivity contribution in [3.8, 4) is 0 Å². The van der Waals surface area contributed by atoms with Gasteiger partial charge in [0, 0.05) is 38.0 Å². The number of aliphatic hydroxyl groups excluding tert-OH is 1. The van der Waals surface area contributed by atoms with Crippen molar-refractivity contribution in [2.75, 3.05) is 19.7 Å². The molecule has 3 rings (SSSR count). The molecule has 1 fully saturated rings. The Kier molecular flexibility index (Phi) is 4.47. The minimum absolute atomic E-state index is 0.0621. The molecule has 0 saturated carbocycles. The molecular weight excluding hydrogens is 328 g/mol. The van der Waals surface area contributed by atoms with Crippen LogP contribution in [0.4, 0.5) is 0 Å². The minimum atomic E-state index is -3.70. The molecule has 1 aromatic heterocycles. The number of nitrogens with zero attached hydrogens (tertiary/aromatic N) is 2. The molecular formula is C17H20N2O4S. The molecule has 1 N–H and O–H groups in total. The number of likely N-dealkylation sites (tertiary alicyclic amines) is 1. The molecule has 0 aliphatic carbocycles. The van der Waals surface area contributed by atoms with E-state index in [0.29, 0.717) is 18.7 Å². The molecule has 0 radical (unpaired) electrons. The van der Waals surface area contributed by atoms with Gasteiger partial charge in [-0.2, -0.15) is 0 Å². The van der Waals surface area contributed by atoms with Crippen LogP contribution in [0.25, 0.3) is 0 Å². The predicted octanol–water partition coefficient (Wildman–Crippen LogP) is 1.49. The lowest BCUT2D eigenvalue weighted by molar-refractivity contribution is 0.0782. The maximum atomic E-state index is 12.6. The van der Waals surface area contributed by atoms with E-state index in [2.05, 4.69) is 0 Å². The van der Waals surface area contributed by atoms with Crippen molar-refractivity contribution in [2.24, 2.45) is 5.92 Å². The summed E-state index contributed by atoms with van der Waals surface area (Å²) in [6, 6.07) is 8.10. The fourth-order valence-corrected chi connectivity index (χ4v) is 4.03. The number of carbonyl (C=O) groups is 1. The van der Waals surface area contributed by atoms with Crippen LogP contribution in [0.2, 0.25) is 0 Å². The highest BCUT2D eigenvalue weighted by Crippen LogP contribution is 2.20. The van der Waals surface area contributed by atoms with Crippen molar-refractivity contribution in [3.63, 3.8) is 0 Å². The number of rotatable bonds is 4. The molecule has 1 saturated heterocycles. The first kappa shape index (κ1) is 16.7. The van der Waals surface area contributed by atoms with E-state index in [1.54, 1.807) is 29.2 Å². The molecule has 7 heteroatoms. The number of hydrogen-bond donors (Lipinski definition) is 1. The van der Waals surface area contributed by atoms with Crippen LogP contribution in [0.1, 0.15) is 22.3 Å². The van der Waals surface area contributed by atoms with Crippen LogP contribution in [-0.2, 0) is 10.0 Å². The van der Waals surface area contributed by atoms with Gasteiger partial charge in [0.05, 0.1) is 10.5 Å². The Morgan fingerprint density at radius 1 is 1.25 bits per heavy atom. The van der Waals surface area contributed by atoms with Gasteiger partial charge in [0.25, 0.3) is 15.9 Å². The van der Waals surface area contributed by atoms with Gasteiger partial charge in [0.1, 0.15) is 0 Å². The lowest BCUT2D eigenvalue weighted by Crippen LogP contribution is -2.28. The van der Waals surface area contributed by atoms with Gasteiger partial charge in [0.2, 0.25) is 0 Å². The lowest BCUT2D eigenvalue weighted by atomic mass is 10.1. The molecule has 1 unspecified atom stereocenters. The van der Waals surface area contributed by atoms with Gasteiger partial charge >= 0.3 is 0 Å². The van der Waals surface area contributed by atoms with Crippen LogP contribution >= 0.6 is 0 Å². The Morgan fingerprint density at radius 3 is 2.58 bits per heavy atom. The zero-order valence-corrected chi connectivity index (χ0v) is 14.2. The quantitative estimate of drug-likeness (QED) is 0.908. The average Bonchev–Trinajstić information content (AvgIpc) is 3.24. The molecule has 128 valence electrons. The number of benzene rings is 1. The summed E-state index contributed by atoms with van der Waals surface area (Å²) in [5, 5.41) is 9.17. The molecule has 1 atom stereocenters. The van der Waals surface area contributed by atoms with Gasteiger partial charge < -0.3 is 10.0 Å². The summed E-state index contributed by atoms with van der Waals surface area (Å²) in [7, 11) is -3.70. The topological polar surface area (TPSA) is 79.6 Å². The number of hydrogen-bond acceptors (Lipinski definition) is 4. The second-order valence-electron chi connectivity index (χ2n) is 6.14. The normalized spacial score (nSPS) is 18.1. The summed E-state index contributed by atoms with van der Waals surface area (Å²) >= 11 is 0. The third kappa shape index (κ3) is 3.09. The number of aliphatic hydroxyl groups is 1. The second-order valence-corrected chi connectivity index (χ2v) is 7.98. The maximum absolute atomic E-state index is 12.6. The monoisotopic (exact) mass is 348 g/mol. The second kappa shape index (κ2) is 6.41. The predicted molar refractivity (Wildman–Crippen MR) is 89.3 cm³/mol. The van der Waals surface area contributed by atoms with Crippen LogP contribution < -0.4 is 0 Å². The molecule has 1 amide bonds. The summed E-state index contributed by atoms with van der Waals surface area (Å²) in [6.07, 6.45) is 3.51. The van der Waals surface area contributed by atoms with E-state index in [1.165, 1.54) is 18.5 Å². The molecule has 1 aromatic carbocycles. The van der Waals surface area contributed by atoms with Crippen LogP contribution in [0, 0.1) is 12.8 Å². The number of aromatic nitrogens is 1.